The topological polar surface area (TPSA) is 59.3 Å². The molecule has 2 rings (SSSR count). The Morgan fingerprint density at radius 3 is 3.07 bits per heavy atom. The second-order valence-corrected chi connectivity index (χ2v) is 3.83. The molecule has 1 aliphatic heterocycles. The first kappa shape index (κ1) is 10.0. The molecule has 0 aliphatic carbocycles. The molecule has 5 nitrogen and oxygen atoms in total. The number of rotatable bonds is 2. The summed E-state index contributed by atoms with van der Waals surface area (Å²) in [5, 5.41) is 10.8. The van der Waals surface area contributed by atoms with Crippen LogP contribution in [-0.2, 0) is 0 Å². The lowest BCUT2D eigenvalue weighted by Crippen LogP contribution is -2.18. The first-order valence-corrected chi connectivity index (χ1v) is 4.98. The van der Waals surface area contributed by atoms with Crippen molar-refractivity contribution in [2.24, 2.45) is 0 Å². The third kappa shape index (κ3) is 1.83. The molecule has 1 aromatic rings. The van der Waals surface area contributed by atoms with Crippen LogP contribution in [0.5, 0.6) is 0 Å². The van der Waals surface area contributed by atoms with Gasteiger partial charge in [-0.1, -0.05) is 0 Å². The van der Waals surface area contributed by atoms with E-state index in [0.717, 1.165) is 24.9 Å². The van der Waals surface area contributed by atoms with Crippen molar-refractivity contribution in [1.29, 1.82) is 0 Å². The van der Waals surface area contributed by atoms with Crippen molar-refractivity contribution in [1.82, 2.24) is 9.88 Å². The molecule has 0 amide bonds. The number of aromatic nitrogens is 1. The second-order valence-electron chi connectivity index (χ2n) is 3.83. The van der Waals surface area contributed by atoms with Gasteiger partial charge in [0.15, 0.2) is 0 Å². The fourth-order valence-corrected chi connectivity index (χ4v) is 2.13. The number of hydrogen-bond acceptors (Lipinski definition) is 4. The highest BCUT2D eigenvalue weighted by molar-refractivity contribution is 5.39. The molecular formula is C10H13N3O2. The standard InChI is InChI=1S/C10H13N3O2/c1-12-6-2-3-9(12)8-7-11-5-4-10(8)13(14)15/h4-5,7,9H,2-3,6H2,1H3. The molecule has 1 atom stereocenters. The van der Waals surface area contributed by atoms with Gasteiger partial charge in [0, 0.05) is 24.5 Å². The van der Waals surface area contributed by atoms with Gasteiger partial charge in [0.2, 0.25) is 0 Å². The Kier molecular flexibility index (Phi) is 2.64. The molecule has 0 aromatic carbocycles. The van der Waals surface area contributed by atoms with E-state index in [1.54, 1.807) is 6.20 Å². The SMILES string of the molecule is CN1CCCC1c1cnccc1[N+](=O)[O-]. The van der Waals surface area contributed by atoms with Gasteiger partial charge in [0.1, 0.15) is 0 Å². The maximum atomic E-state index is 10.8. The van der Waals surface area contributed by atoms with Crippen LogP contribution in [0.15, 0.2) is 18.5 Å². The van der Waals surface area contributed by atoms with E-state index in [2.05, 4.69) is 9.88 Å². The van der Waals surface area contributed by atoms with Gasteiger partial charge in [-0.2, -0.15) is 0 Å². The minimum atomic E-state index is -0.330. The molecule has 1 unspecified atom stereocenters. The summed E-state index contributed by atoms with van der Waals surface area (Å²) in [5.74, 6) is 0. The Hall–Kier alpha value is -1.49. The van der Waals surface area contributed by atoms with Crippen LogP contribution in [0.25, 0.3) is 0 Å². The van der Waals surface area contributed by atoms with E-state index in [9.17, 15) is 10.1 Å². The monoisotopic (exact) mass is 207 g/mol. The lowest BCUT2D eigenvalue weighted by Gasteiger charge is -2.18. The van der Waals surface area contributed by atoms with E-state index >= 15 is 0 Å². The number of nitrogens with zero attached hydrogens (tertiary/aromatic N) is 3. The van der Waals surface area contributed by atoms with Crippen LogP contribution in [-0.4, -0.2) is 28.4 Å². The van der Waals surface area contributed by atoms with E-state index in [-0.39, 0.29) is 16.7 Å². The van der Waals surface area contributed by atoms with Crippen molar-refractivity contribution in [3.05, 3.63) is 34.1 Å². The summed E-state index contributed by atoms with van der Waals surface area (Å²) >= 11 is 0. The number of nitro groups is 1. The molecule has 0 radical (unpaired) electrons. The second kappa shape index (κ2) is 3.94. The first-order chi connectivity index (χ1) is 7.20. The Balaban J connectivity index is 2.38. The lowest BCUT2D eigenvalue weighted by atomic mass is 10.1. The molecule has 5 heteroatoms. The molecular weight excluding hydrogens is 194 g/mol. The Labute approximate surface area is 87.9 Å². The predicted molar refractivity (Wildman–Crippen MR) is 55.5 cm³/mol. The maximum Gasteiger partial charge on any atom is 0.277 e. The third-order valence-electron chi connectivity index (χ3n) is 2.90. The molecule has 0 spiro atoms. The van der Waals surface area contributed by atoms with Gasteiger partial charge < -0.3 is 0 Å². The summed E-state index contributed by atoms with van der Waals surface area (Å²) in [6.45, 7) is 0.997. The fourth-order valence-electron chi connectivity index (χ4n) is 2.13. The van der Waals surface area contributed by atoms with Gasteiger partial charge in [-0.3, -0.25) is 20.0 Å². The summed E-state index contributed by atoms with van der Waals surface area (Å²) in [5.41, 5.74) is 0.922. The molecule has 0 bridgehead atoms. The van der Waals surface area contributed by atoms with Crippen molar-refractivity contribution >= 4 is 5.69 Å². The van der Waals surface area contributed by atoms with Crippen LogP contribution in [0.2, 0.25) is 0 Å². The van der Waals surface area contributed by atoms with Gasteiger partial charge in [-0.05, 0) is 26.4 Å². The van der Waals surface area contributed by atoms with Crippen LogP contribution < -0.4 is 0 Å². The summed E-state index contributed by atoms with van der Waals surface area (Å²) in [6, 6.07) is 1.63. The van der Waals surface area contributed by atoms with Crippen molar-refractivity contribution in [2.75, 3.05) is 13.6 Å². The molecule has 15 heavy (non-hydrogen) atoms. The van der Waals surface area contributed by atoms with Crippen molar-refractivity contribution in [3.8, 4) is 0 Å². The van der Waals surface area contributed by atoms with E-state index in [1.165, 1.54) is 12.3 Å². The summed E-state index contributed by atoms with van der Waals surface area (Å²) < 4.78 is 0. The first-order valence-electron chi connectivity index (χ1n) is 4.98. The molecule has 80 valence electrons. The number of likely N-dealkylation sites (tertiary alicyclic amines) is 1. The van der Waals surface area contributed by atoms with Crippen LogP contribution >= 0.6 is 0 Å². The smallest absolute Gasteiger partial charge is 0.277 e. The zero-order chi connectivity index (χ0) is 10.8. The van der Waals surface area contributed by atoms with Crippen molar-refractivity contribution in [2.45, 2.75) is 18.9 Å². The normalized spacial score (nSPS) is 21.8. The van der Waals surface area contributed by atoms with Gasteiger partial charge in [-0.15, -0.1) is 0 Å². The third-order valence-corrected chi connectivity index (χ3v) is 2.90. The number of hydrogen-bond donors (Lipinski definition) is 0. The van der Waals surface area contributed by atoms with E-state index in [0.29, 0.717) is 0 Å². The Bertz CT molecular complexity index is 381. The number of pyridine rings is 1. The fraction of sp³-hybridized carbons (Fsp3) is 0.500. The molecule has 0 N–H and O–H groups in total. The summed E-state index contributed by atoms with van der Waals surface area (Å²) in [7, 11) is 1.99. The van der Waals surface area contributed by atoms with E-state index in [4.69, 9.17) is 0 Å². The van der Waals surface area contributed by atoms with Crippen LogP contribution in [0.4, 0.5) is 5.69 Å². The molecule has 1 aromatic heterocycles. The average Bonchev–Trinajstić information content (AvgIpc) is 2.64. The van der Waals surface area contributed by atoms with Crippen molar-refractivity contribution < 1.29 is 4.92 Å². The van der Waals surface area contributed by atoms with Crippen LogP contribution in [0.1, 0.15) is 24.4 Å². The summed E-state index contributed by atoms with van der Waals surface area (Å²) in [4.78, 5) is 16.6. The summed E-state index contributed by atoms with van der Waals surface area (Å²) in [6.07, 6.45) is 5.15. The quantitative estimate of drug-likeness (QED) is 0.547. The van der Waals surface area contributed by atoms with Gasteiger partial charge in [0.25, 0.3) is 5.69 Å². The molecule has 1 fully saturated rings. The average molecular weight is 207 g/mol. The zero-order valence-corrected chi connectivity index (χ0v) is 8.59. The highest BCUT2D eigenvalue weighted by Crippen LogP contribution is 2.34. The van der Waals surface area contributed by atoms with E-state index in [1.807, 2.05) is 7.05 Å². The van der Waals surface area contributed by atoms with Crippen LogP contribution in [0, 0.1) is 10.1 Å². The van der Waals surface area contributed by atoms with Gasteiger partial charge in [0.05, 0.1) is 10.5 Å². The van der Waals surface area contributed by atoms with Gasteiger partial charge >= 0.3 is 0 Å². The minimum absolute atomic E-state index is 0.152. The van der Waals surface area contributed by atoms with E-state index < -0.39 is 0 Å². The zero-order valence-electron chi connectivity index (χ0n) is 8.59. The van der Waals surface area contributed by atoms with Gasteiger partial charge in [-0.25, -0.2) is 0 Å². The minimum Gasteiger partial charge on any atom is -0.299 e. The predicted octanol–water partition coefficient (Wildman–Crippen LogP) is 1.76. The highest BCUT2D eigenvalue weighted by atomic mass is 16.6. The van der Waals surface area contributed by atoms with Crippen molar-refractivity contribution in [3.63, 3.8) is 0 Å². The molecule has 0 saturated carbocycles. The largest absolute Gasteiger partial charge is 0.299 e. The lowest BCUT2D eigenvalue weighted by molar-refractivity contribution is -0.386. The molecule has 1 aliphatic rings. The highest BCUT2D eigenvalue weighted by Gasteiger charge is 2.28. The maximum absolute atomic E-state index is 10.8. The Morgan fingerprint density at radius 2 is 2.47 bits per heavy atom. The van der Waals surface area contributed by atoms with Crippen LogP contribution in [0.3, 0.4) is 0 Å². The Morgan fingerprint density at radius 1 is 1.67 bits per heavy atom. The molecule has 2 heterocycles. The molecule has 1 saturated heterocycles.